The number of nitrogens with two attached hydrogens (primary N) is 1. The topological polar surface area (TPSA) is 29.3 Å². The summed E-state index contributed by atoms with van der Waals surface area (Å²) in [4.78, 5) is 2.67. The summed E-state index contributed by atoms with van der Waals surface area (Å²) in [5.41, 5.74) is 9.23. The first-order valence-electron chi connectivity index (χ1n) is 7.89. The van der Waals surface area contributed by atoms with Crippen LogP contribution in [0.4, 0.5) is 0 Å². The zero-order valence-electron chi connectivity index (χ0n) is 12.0. The average Bonchev–Trinajstić information content (AvgIpc) is 3.31. The highest BCUT2D eigenvalue weighted by atomic mass is 15.2. The summed E-state index contributed by atoms with van der Waals surface area (Å²) >= 11 is 0. The fourth-order valence-corrected chi connectivity index (χ4v) is 3.28. The predicted octanol–water partition coefficient (Wildman–Crippen LogP) is 3.44. The summed E-state index contributed by atoms with van der Waals surface area (Å²) in [5, 5.41) is 0. The summed E-state index contributed by atoms with van der Waals surface area (Å²) in [5.74, 6) is 0.813. The van der Waals surface area contributed by atoms with Crippen LogP contribution in [0.25, 0.3) is 0 Å². The second-order valence-electron chi connectivity index (χ2n) is 6.12. The molecule has 1 unspecified atom stereocenters. The Morgan fingerprint density at radius 3 is 2.53 bits per heavy atom. The Balaban J connectivity index is 1.87. The van der Waals surface area contributed by atoms with Crippen molar-refractivity contribution in [2.24, 2.45) is 5.73 Å². The van der Waals surface area contributed by atoms with E-state index in [-0.39, 0.29) is 0 Å². The van der Waals surface area contributed by atoms with Gasteiger partial charge in [0.2, 0.25) is 0 Å². The summed E-state index contributed by atoms with van der Waals surface area (Å²) in [7, 11) is 0. The van der Waals surface area contributed by atoms with Crippen LogP contribution < -0.4 is 5.73 Å². The van der Waals surface area contributed by atoms with Crippen LogP contribution >= 0.6 is 0 Å². The van der Waals surface area contributed by atoms with Crippen molar-refractivity contribution < 1.29 is 0 Å². The molecule has 2 heteroatoms. The predicted molar refractivity (Wildman–Crippen MR) is 80.2 cm³/mol. The Hall–Kier alpha value is -0.860. The van der Waals surface area contributed by atoms with Gasteiger partial charge in [0.05, 0.1) is 0 Å². The number of hydrogen-bond acceptors (Lipinski definition) is 2. The molecular weight excluding hydrogens is 232 g/mol. The fraction of sp³-hybridized carbons (Fsp3) is 0.647. The Labute approximate surface area is 117 Å². The van der Waals surface area contributed by atoms with E-state index in [0.717, 1.165) is 18.5 Å². The molecule has 2 saturated carbocycles. The molecule has 0 bridgehead atoms. The highest BCUT2D eigenvalue weighted by Gasteiger charge is 2.35. The molecular formula is C17H26N2. The van der Waals surface area contributed by atoms with E-state index in [1.165, 1.54) is 44.2 Å². The van der Waals surface area contributed by atoms with Gasteiger partial charge in [-0.2, -0.15) is 0 Å². The number of benzene rings is 1. The molecule has 19 heavy (non-hydrogen) atoms. The molecule has 104 valence electrons. The molecule has 3 rings (SSSR count). The summed E-state index contributed by atoms with van der Waals surface area (Å²) in [6.45, 7) is 4.21. The first kappa shape index (κ1) is 13.1. The van der Waals surface area contributed by atoms with Crippen LogP contribution in [0, 0.1) is 0 Å². The van der Waals surface area contributed by atoms with Gasteiger partial charge in [-0.15, -0.1) is 0 Å². The van der Waals surface area contributed by atoms with E-state index in [9.17, 15) is 0 Å². The lowest BCUT2D eigenvalue weighted by Gasteiger charge is -2.32. The zero-order valence-corrected chi connectivity index (χ0v) is 12.0. The Morgan fingerprint density at radius 1 is 1.21 bits per heavy atom. The maximum Gasteiger partial charge on any atom is 0.0476 e. The Kier molecular flexibility index (Phi) is 3.90. The SMILES string of the molecule is CCCN(C1CC1)C(CN)c1ccccc1C1CC1. The normalized spacial score (nSPS) is 20.8. The lowest BCUT2D eigenvalue weighted by Crippen LogP contribution is -2.36. The molecule has 0 spiro atoms. The maximum absolute atomic E-state index is 6.15. The van der Waals surface area contributed by atoms with Crippen molar-refractivity contribution in [2.45, 2.75) is 57.0 Å². The van der Waals surface area contributed by atoms with Crippen molar-refractivity contribution in [3.8, 4) is 0 Å². The molecule has 0 heterocycles. The third kappa shape index (κ3) is 2.85. The first-order valence-corrected chi connectivity index (χ1v) is 7.89. The molecule has 0 saturated heterocycles. The van der Waals surface area contributed by atoms with Crippen LogP contribution in [-0.4, -0.2) is 24.0 Å². The highest BCUT2D eigenvalue weighted by molar-refractivity contribution is 5.36. The Morgan fingerprint density at radius 2 is 1.95 bits per heavy atom. The van der Waals surface area contributed by atoms with Gasteiger partial charge in [0, 0.05) is 18.6 Å². The van der Waals surface area contributed by atoms with Gasteiger partial charge >= 0.3 is 0 Å². The summed E-state index contributed by atoms with van der Waals surface area (Å²) in [6, 6.07) is 10.2. The van der Waals surface area contributed by atoms with E-state index >= 15 is 0 Å². The minimum atomic E-state index is 0.434. The smallest absolute Gasteiger partial charge is 0.0476 e. The molecule has 2 aliphatic rings. The van der Waals surface area contributed by atoms with Gasteiger partial charge < -0.3 is 5.73 Å². The molecule has 0 aromatic heterocycles. The van der Waals surface area contributed by atoms with Crippen LogP contribution in [0.15, 0.2) is 24.3 Å². The van der Waals surface area contributed by atoms with Crippen LogP contribution in [0.2, 0.25) is 0 Å². The molecule has 2 N–H and O–H groups in total. The van der Waals surface area contributed by atoms with Crippen molar-refractivity contribution in [3.63, 3.8) is 0 Å². The van der Waals surface area contributed by atoms with Gasteiger partial charge in [0.25, 0.3) is 0 Å². The van der Waals surface area contributed by atoms with E-state index < -0.39 is 0 Å². The van der Waals surface area contributed by atoms with Crippen LogP contribution in [0.3, 0.4) is 0 Å². The van der Waals surface area contributed by atoms with Gasteiger partial charge in [-0.25, -0.2) is 0 Å². The third-order valence-electron chi connectivity index (χ3n) is 4.49. The second-order valence-corrected chi connectivity index (χ2v) is 6.12. The Bertz CT molecular complexity index is 421. The van der Waals surface area contributed by atoms with Crippen molar-refractivity contribution in [2.75, 3.05) is 13.1 Å². The lowest BCUT2D eigenvalue weighted by molar-refractivity contribution is 0.190. The van der Waals surface area contributed by atoms with Crippen LogP contribution in [0.5, 0.6) is 0 Å². The monoisotopic (exact) mass is 258 g/mol. The molecule has 1 aromatic carbocycles. The van der Waals surface area contributed by atoms with Crippen LogP contribution in [-0.2, 0) is 0 Å². The highest BCUT2D eigenvalue weighted by Crippen LogP contribution is 2.44. The molecule has 1 atom stereocenters. The van der Waals surface area contributed by atoms with Crippen molar-refractivity contribution >= 4 is 0 Å². The van der Waals surface area contributed by atoms with Gasteiger partial charge in [0.1, 0.15) is 0 Å². The summed E-state index contributed by atoms with van der Waals surface area (Å²) in [6.07, 6.45) is 6.68. The van der Waals surface area contributed by atoms with E-state index in [0.29, 0.717) is 6.04 Å². The second kappa shape index (κ2) is 5.64. The molecule has 2 fully saturated rings. The zero-order chi connectivity index (χ0) is 13.2. The number of hydrogen-bond donors (Lipinski definition) is 1. The van der Waals surface area contributed by atoms with E-state index in [4.69, 9.17) is 5.73 Å². The maximum atomic E-state index is 6.15. The molecule has 0 radical (unpaired) electrons. The van der Waals surface area contributed by atoms with E-state index in [1.54, 1.807) is 5.56 Å². The quantitative estimate of drug-likeness (QED) is 0.812. The standard InChI is InChI=1S/C17H26N2/c1-2-11-19(14-9-10-14)17(12-18)16-6-4-3-5-15(16)13-7-8-13/h3-6,13-14,17H,2,7-12,18H2,1H3. The molecule has 2 nitrogen and oxygen atoms in total. The molecule has 0 aliphatic heterocycles. The van der Waals surface area contributed by atoms with E-state index in [1.807, 2.05) is 0 Å². The van der Waals surface area contributed by atoms with Crippen molar-refractivity contribution in [1.29, 1.82) is 0 Å². The van der Waals surface area contributed by atoms with Crippen molar-refractivity contribution in [1.82, 2.24) is 4.90 Å². The minimum Gasteiger partial charge on any atom is -0.329 e. The minimum absolute atomic E-state index is 0.434. The first-order chi connectivity index (χ1) is 9.35. The summed E-state index contributed by atoms with van der Waals surface area (Å²) < 4.78 is 0. The number of nitrogens with zero attached hydrogens (tertiary/aromatic N) is 1. The van der Waals surface area contributed by atoms with Gasteiger partial charge in [0.15, 0.2) is 0 Å². The van der Waals surface area contributed by atoms with Gasteiger partial charge in [-0.3, -0.25) is 4.90 Å². The molecule has 2 aliphatic carbocycles. The lowest BCUT2D eigenvalue weighted by atomic mass is 9.95. The van der Waals surface area contributed by atoms with Crippen molar-refractivity contribution in [3.05, 3.63) is 35.4 Å². The van der Waals surface area contributed by atoms with Crippen LogP contribution in [0.1, 0.15) is 62.1 Å². The van der Waals surface area contributed by atoms with E-state index in [2.05, 4.69) is 36.1 Å². The third-order valence-corrected chi connectivity index (χ3v) is 4.49. The molecule has 1 aromatic rings. The fourth-order valence-electron chi connectivity index (χ4n) is 3.28. The number of rotatable bonds is 7. The largest absolute Gasteiger partial charge is 0.329 e. The van der Waals surface area contributed by atoms with Gasteiger partial charge in [-0.1, -0.05) is 31.2 Å². The molecule has 0 amide bonds. The average molecular weight is 258 g/mol. The van der Waals surface area contributed by atoms with Gasteiger partial charge in [-0.05, 0) is 55.7 Å².